The number of carbonyl (C=O) groups is 1. The molecule has 0 amide bonds. The van der Waals surface area contributed by atoms with E-state index in [1.807, 2.05) is 15.0 Å². The molecule has 5 aliphatic heterocycles. The van der Waals surface area contributed by atoms with E-state index in [1.165, 1.54) is 18.5 Å². The quantitative estimate of drug-likeness (QED) is 0.0269. The Bertz CT molecular complexity index is 4910. The van der Waals surface area contributed by atoms with Gasteiger partial charge < -0.3 is 91.8 Å². The van der Waals surface area contributed by atoms with Crippen LogP contribution in [-0.4, -0.2) is 243 Å². The van der Waals surface area contributed by atoms with Gasteiger partial charge in [-0.15, -0.1) is 0 Å². The summed E-state index contributed by atoms with van der Waals surface area (Å²) in [6.45, 7) is 35.3. The van der Waals surface area contributed by atoms with Crippen molar-refractivity contribution < 1.29 is 105 Å². The van der Waals surface area contributed by atoms with Crippen molar-refractivity contribution in [1.82, 2.24) is 47.8 Å². The summed E-state index contributed by atoms with van der Waals surface area (Å²) in [5.41, 5.74) is -9.98. The molecule has 5 saturated heterocycles. The molecule has 0 bridgehead atoms. The fourth-order valence-corrected chi connectivity index (χ4v) is 35.6. The van der Waals surface area contributed by atoms with Gasteiger partial charge >= 0.3 is 45.6 Å². The van der Waals surface area contributed by atoms with Crippen LogP contribution in [0.5, 0.6) is 0 Å². The van der Waals surface area contributed by atoms with Crippen LogP contribution in [0.15, 0.2) is 109 Å². The Kier molecular flexibility index (Phi) is 31.6. The second-order valence-corrected chi connectivity index (χ2v) is 52.2. The van der Waals surface area contributed by atoms with Crippen molar-refractivity contribution in [3.63, 3.8) is 0 Å². The Morgan fingerprint density at radius 3 is 1.04 bits per heavy atom. The number of aromatic amines is 5. The number of carbonyl (C=O) groups excluding carboxylic acids is 1. The first kappa shape index (κ1) is 91.4. The number of rotatable bonds is 26. The summed E-state index contributed by atoms with van der Waals surface area (Å²) in [6.07, 6.45) is -13.9. The second kappa shape index (κ2) is 41.1. The molecule has 5 aromatic rings. The average molecular weight is 1770 g/mol. The maximum absolute atomic E-state index is 12.7. The number of aliphatic hydroxyl groups is 10. The first-order chi connectivity index (χ1) is 57.6. The first-order valence-electron chi connectivity index (χ1n) is 42.4. The highest BCUT2D eigenvalue weighted by Crippen LogP contribution is 2.47. The number of nitrogens with zero attached hydrogens (tertiary/aromatic N) is 5. The van der Waals surface area contributed by atoms with Crippen molar-refractivity contribution in [1.29, 1.82) is 0 Å². The minimum Gasteiger partial charge on any atom is -0.435 e. The SMILES string of the molecule is CC(C)[Si](C)(O[Si](OC[C@H]1O[C@@H](n2ccc(=O)[nH]c2=O)C(=O)[C@@H]1O)(C(C)C)C(C)C)C(C)C.CC(C)[Si](C)(O[Si](OC[C@H]1O[C@@H](n2ccc(=O)[nH]c2=O)[C@H](O)[C@@H]1O)(C(C)C)C(C)C)C(C)C.O=c1ccn([C@@H]2O[C@H](CO)[C@@H](O)[C@H]2O)c(=O)[nH]1.[2H][13C]([2H])([2H])[C@]1(O)[C@H](C)[C@@H](CC)O[C@H]1n1ccc(=O)[nH]c1=O.[2H][13C]([2H])([2H])[C@]1(O)[C@H](O)[C@@H](CO)O[C@H]1n1ccc(=O)[nH]c1=O. The minimum atomic E-state index is -3.10. The number of ether oxygens (including phenoxy) is 5. The second-order valence-electron chi connectivity index (χ2n) is 33.1. The number of aliphatic hydroxyl groups excluding tert-OH is 8. The van der Waals surface area contributed by atoms with Crippen LogP contribution >= 0.6 is 0 Å². The lowest BCUT2D eigenvalue weighted by Gasteiger charge is -2.48. The van der Waals surface area contributed by atoms with E-state index in [4.69, 9.17) is 59.2 Å². The maximum atomic E-state index is 12.7. The standard InChI is InChI=1S/C22H42N2O7Si2.C22H40N2O7Si2.C12H18N2O4.C10H14N2O6.C9H12N2O6/c2*1-13(2)32(9,14(3)4)31-33(15(5)6,16(7)8)29-12-17-19(26)20(27)21(30-17)24-11-10-18(25)23-22(24)28;1-4-8-7(2)12(3,17)10(18-8)14-6-5-9(15)13-11(14)16;1-10(17)7(15)5(4-13)18-8(10)12-3-2-6(14)11-9(12)16;12-3-4-6(14)7(15)8(17-4)11-2-1-5(13)10-9(11)16/h10-11,13-17,19-21,26-27H,12H2,1-9H3,(H,23,25,28);10-11,13-17,19,21,26H,12H2,1-9H3,(H,23,25,28);5-8,10,17H,4H2,1-3H3,(H,13,15,16);2-3,5,7-8,13,15,17H,4H2,1H3,(H,11,14,16);1-2,4,6-8,12,14-15H,3H2,(H,10,13,16)/t17-,19-,20-,21-;17-,19-,21-;7-,8-,10-,12+;5-,7-,8-,10+;4-,6-,7-,8-/m11111/s1/i;;3+1D3;1+1D3;. The summed E-state index contributed by atoms with van der Waals surface area (Å²) >= 11 is 0. The Morgan fingerprint density at radius 2 is 0.731 bits per heavy atom. The molecule has 0 aliphatic carbocycles. The predicted octanol–water partition coefficient (Wildman–Crippen LogP) is 0.819. The molecule has 119 heavy (non-hydrogen) atoms. The van der Waals surface area contributed by atoms with E-state index in [1.54, 1.807) is 13.8 Å². The van der Waals surface area contributed by atoms with Gasteiger partial charge in [0.1, 0.15) is 72.2 Å². The number of Topliss-reactive ketones (excluding diaryl/α,β-unsaturated/α-hetero) is 1. The van der Waals surface area contributed by atoms with Crippen LogP contribution in [0, 0.1) is 5.92 Å². The minimum absolute atomic E-state index is 0.0231. The maximum Gasteiger partial charge on any atom is 0.333 e. The Labute approximate surface area is 698 Å². The van der Waals surface area contributed by atoms with Crippen LogP contribution in [0.2, 0.25) is 57.4 Å². The molecule has 10 rings (SSSR count). The molecule has 0 spiro atoms. The molecule has 15 N–H and O–H groups in total. The van der Waals surface area contributed by atoms with Crippen molar-refractivity contribution in [2.75, 3.05) is 26.4 Å². The lowest BCUT2D eigenvalue weighted by Crippen LogP contribution is -2.59. The summed E-state index contributed by atoms with van der Waals surface area (Å²) in [4.78, 5) is 138. The Morgan fingerprint density at radius 1 is 0.420 bits per heavy atom. The topological polar surface area (TPSA) is 577 Å². The molecule has 672 valence electrons. The molecule has 0 unspecified atom stereocenters. The molecule has 5 fully saturated rings. The molecular formula is C75H126N10O30Si4. The van der Waals surface area contributed by atoms with Gasteiger partial charge in [-0.25, -0.2) is 24.0 Å². The van der Waals surface area contributed by atoms with Gasteiger partial charge in [0.15, 0.2) is 41.5 Å². The van der Waals surface area contributed by atoms with Crippen LogP contribution < -0.4 is 56.2 Å². The summed E-state index contributed by atoms with van der Waals surface area (Å²) in [5.74, 6) is -1.34. The highest BCUT2D eigenvalue weighted by atomic mass is 28.4. The van der Waals surface area contributed by atoms with Crippen LogP contribution in [0.4, 0.5) is 0 Å². The normalized spacial score (nSPS) is 29.5. The van der Waals surface area contributed by atoms with Crippen molar-refractivity contribution in [2.24, 2.45) is 5.92 Å². The van der Waals surface area contributed by atoms with Gasteiger partial charge in [0.2, 0.25) is 12.0 Å². The average Bonchev–Trinajstić information content (AvgIpc) is 1.58. The third-order valence-electron chi connectivity index (χ3n) is 23.1. The third kappa shape index (κ3) is 22.2. The molecule has 0 saturated carbocycles. The lowest BCUT2D eigenvalue weighted by molar-refractivity contribution is -0.130. The zero-order valence-electron chi connectivity index (χ0n) is 76.6. The smallest absolute Gasteiger partial charge is 0.333 e. The lowest BCUT2D eigenvalue weighted by atomic mass is 9.91. The van der Waals surface area contributed by atoms with Gasteiger partial charge in [0, 0.05) is 75.5 Å². The van der Waals surface area contributed by atoms with Gasteiger partial charge in [0.25, 0.3) is 27.8 Å². The molecule has 5 aliphatic rings. The van der Waals surface area contributed by atoms with Gasteiger partial charge in [0.05, 0.1) is 32.5 Å². The van der Waals surface area contributed by atoms with Crippen LogP contribution in [0.3, 0.4) is 0 Å². The number of hydrogen-bond acceptors (Lipinski definition) is 30. The largest absolute Gasteiger partial charge is 0.435 e. The van der Waals surface area contributed by atoms with E-state index in [2.05, 4.69) is 134 Å². The number of hydrogen-bond donors (Lipinski definition) is 15. The van der Waals surface area contributed by atoms with Gasteiger partial charge in [-0.1, -0.05) is 125 Å². The fraction of sp³-hybridized carbons (Fsp3) is 0.720. The van der Waals surface area contributed by atoms with Crippen molar-refractivity contribution in [3.05, 3.63) is 166 Å². The zero-order chi connectivity index (χ0) is 95.2. The molecule has 40 nitrogen and oxygen atoms in total. The highest BCUT2D eigenvalue weighted by Gasteiger charge is 2.58. The molecular weight excluding hydrogens is 1640 g/mol. The van der Waals surface area contributed by atoms with E-state index in [9.17, 15) is 93.6 Å². The van der Waals surface area contributed by atoms with Crippen molar-refractivity contribution >= 4 is 39.5 Å². The van der Waals surface area contributed by atoms with Gasteiger partial charge in [-0.2, -0.15) is 0 Å². The van der Waals surface area contributed by atoms with E-state index < -0.39 is 238 Å². The van der Waals surface area contributed by atoms with Crippen molar-refractivity contribution in [2.45, 2.75) is 312 Å². The van der Waals surface area contributed by atoms with Crippen LogP contribution in [-0.2, 0) is 45.6 Å². The van der Waals surface area contributed by atoms with Gasteiger partial charge in [-0.3, -0.25) is 76.5 Å². The van der Waals surface area contributed by atoms with Crippen molar-refractivity contribution in [3.8, 4) is 0 Å². The number of aromatic nitrogens is 10. The third-order valence-corrected chi connectivity index (χ3v) is 46.0. The molecule has 0 aromatic carbocycles. The number of nitrogens with one attached hydrogen (secondary N) is 5. The summed E-state index contributed by atoms with van der Waals surface area (Å²) in [7, 11) is -9.89. The molecule has 5 aromatic heterocycles. The molecule has 10 heterocycles. The summed E-state index contributed by atoms with van der Waals surface area (Å²) in [6, 6.07) is 5.40. The Balaban J connectivity index is 0.000000247. The fourth-order valence-electron chi connectivity index (χ4n) is 14.5. The monoisotopic (exact) mass is 1770 g/mol. The first-order valence-corrected chi connectivity index (χ1v) is 48.5. The van der Waals surface area contributed by atoms with Crippen LogP contribution in [0.25, 0.3) is 0 Å². The van der Waals surface area contributed by atoms with Gasteiger partial charge in [-0.05, 0) is 77.5 Å². The number of ketones is 1. The summed E-state index contributed by atoms with van der Waals surface area (Å²) in [5, 5.41) is 100. The van der Waals surface area contributed by atoms with E-state index in [0.29, 0.717) is 33.2 Å². The zero-order valence-corrected chi connectivity index (χ0v) is 74.6. The van der Waals surface area contributed by atoms with E-state index >= 15 is 0 Å². The van der Waals surface area contributed by atoms with Crippen LogP contribution in [0.1, 0.15) is 184 Å². The highest BCUT2D eigenvalue weighted by molar-refractivity contribution is 6.87. The number of H-pyrrole nitrogens is 5. The predicted molar refractivity (Wildman–Crippen MR) is 442 cm³/mol. The summed E-state index contributed by atoms with van der Waals surface area (Å²) < 4.78 is 104. The molecule has 19 atom stereocenters. The Hall–Kier alpha value is -6.82. The molecule has 0 radical (unpaired) electrons. The van der Waals surface area contributed by atoms with E-state index in [-0.39, 0.29) is 35.4 Å². The van der Waals surface area contributed by atoms with E-state index in [0.717, 1.165) is 61.1 Å². The molecule has 44 heteroatoms.